The molecule has 1 aromatic rings. The molecule has 1 rings (SSSR count). The average molecular weight is 292 g/mol. The normalized spacial score (nSPS) is 12.8. The Hall–Kier alpha value is -1.62. The third-order valence-corrected chi connectivity index (χ3v) is 3.25. The van der Waals surface area contributed by atoms with Crippen LogP contribution in [0.2, 0.25) is 0 Å². The van der Waals surface area contributed by atoms with Gasteiger partial charge in [-0.2, -0.15) is 0 Å². The van der Waals surface area contributed by atoms with E-state index in [2.05, 4.69) is 27.9 Å². The molecule has 1 unspecified atom stereocenters. The number of nitrogens with zero attached hydrogens (tertiary/aromatic N) is 1. The quantitative estimate of drug-likeness (QED) is 0.642. The van der Waals surface area contributed by atoms with Crippen LogP contribution in [-0.4, -0.2) is 35.6 Å². The van der Waals surface area contributed by atoms with Crippen molar-refractivity contribution < 1.29 is 4.79 Å². The molecule has 0 aromatic carbocycles. The number of carbonyl (C=O) groups excluding carboxylic acids is 1. The van der Waals surface area contributed by atoms with E-state index < -0.39 is 0 Å². The largest absolute Gasteiger partial charge is 0.369 e. The van der Waals surface area contributed by atoms with Gasteiger partial charge in [-0.25, -0.2) is 4.98 Å². The Kier molecular flexibility index (Phi) is 6.62. The Bertz CT molecular complexity index is 459. The lowest BCUT2D eigenvalue weighted by atomic mass is 9.96. The molecule has 1 amide bonds. The standard InChI is InChI=1S/C16H28N4O/c1-12-7-6-8-18-15(12)19-10-9-17-13(2)11-16(4,5)20-14(3)21/h6-8,13,17H,9-11H2,1-5H3,(H,18,19)(H,20,21). The van der Waals surface area contributed by atoms with E-state index in [4.69, 9.17) is 0 Å². The maximum Gasteiger partial charge on any atom is 0.217 e. The van der Waals surface area contributed by atoms with Gasteiger partial charge in [0.05, 0.1) is 0 Å². The van der Waals surface area contributed by atoms with E-state index in [9.17, 15) is 4.79 Å². The molecule has 0 aliphatic rings. The summed E-state index contributed by atoms with van der Waals surface area (Å²) in [6.45, 7) is 11.5. The van der Waals surface area contributed by atoms with Gasteiger partial charge in [0.25, 0.3) is 0 Å². The van der Waals surface area contributed by atoms with Crippen molar-refractivity contribution in [3.63, 3.8) is 0 Å². The number of aryl methyl sites for hydroxylation is 1. The zero-order chi connectivity index (χ0) is 15.9. The first-order chi connectivity index (χ1) is 9.80. The number of hydrogen-bond acceptors (Lipinski definition) is 4. The lowest BCUT2D eigenvalue weighted by molar-refractivity contribution is -0.120. The Morgan fingerprint density at radius 3 is 2.71 bits per heavy atom. The highest BCUT2D eigenvalue weighted by Crippen LogP contribution is 2.11. The number of hydrogen-bond donors (Lipinski definition) is 3. The van der Waals surface area contributed by atoms with Gasteiger partial charge in [0, 0.05) is 37.8 Å². The van der Waals surface area contributed by atoms with E-state index in [1.807, 2.05) is 32.9 Å². The summed E-state index contributed by atoms with van der Waals surface area (Å²) in [4.78, 5) is 15.4. The van der Waals surface area contributed by atoms with Crippen LogP contribution in [0.4, 0.5) is 5.82 Å². The molecule has 0 aliphatic heterocycles. The lowest BCUT2D eigenvalue weighted by Gasteiger charge is -2.29. The van der Waals surface area contributed by atoms with Crippen LogP contribution >= 0.6 is 0 Å². The Morgan fingerprint density at radius 2 is 2.10 bits per heavy atom. The SMILES string of the molecule is CC(=O)NC(C)(C)CC(C)NCCNc1ncccc1C. The molecule has 0 spiro atoms. The van der Waals surface area contributed by atoms with Crippen LogP contribution in [0.25, 0.3) is 0 Å². The highest BCUT2D eigenvalue weighted by Gasteiger charge is 2.21. The summed E-state index contributed by atoms with van der Waals surface area (Å²) in [5.74, 6) is 0.949. The Morgan fingerprint density at radius 1 is 1.38 bits per heavy atom. The lowest BCUT2D eigenvalue weighted by Crippen LogP contribution is -2.47. The molecular weight excluding hydrogens is 264 g/mol. The molecule has 5 heteroatoms. The summed E-state index contributed by atoms with van der Waals surface area (Å²) in [6, 6.07) is 4.31. The molecule has 21 heavy (non-hydrogen) atoms. The number of pyridine rings is 1. The second-order valence-corrected chi connectivity index (χ2v) is 6.22. The van der Waals surface area contributed by atoms with E-state index >= 15 is 0 Å². The van der Waals surface area contributed by atoms with Crippen molar-refractivity contribution in [3.05, 3.63) is 23.9 Å². The van der Waals surface area contributed by atoms with Gasteiger partial charge in [-0.05, 0) is 45.7 Å². The molecule has 1 aromatic heterocycles. The van der Waals surface area contributed by atoms with Gasteiger partial charge in [0.15, 0.2) is 0 Å². The molecule has 0 fully saturated rings. The van der Waals surface area contributed by atoms with Crippen molar-refractivity contribution in [1.29, 1.82) is 0 Å². The fraction of sp³-hybridized carbons (Fsp3) is 0.625. The Balaban J connectivity index is 2.26. The monoisotopic (exact) mass is 292 g/mol. The molecule has 5 nitrogen and oxygen atoms in total. The molecule has 1 atom stereocenters. The van der Waals surface area contributed by atoms with Crippen molar-refractivity contribution in [2.75, 3.05) is 18.4 Å². The predicted molar refractivity (Wildman–Crippen MR) is 87.4 cm³/mol. The number of aromatic nitrogens is 1. The maximum absolute atomic E-state index is 11.1. The summed E-state index contributed by atoms with van der Waals surface area (Å²) in [5, 5.41) is 9.75. The van der Waals surface area contributed by atoms with Crippen molar-refractivity contribution in [2.45, 2.75) is 52.6 Å². The number of amides is 1. The third kappa shape index (κ3) is 7.09. The van der Waals surface area contributed by atoms with Crippen LogP contribution in [-0.2, 0) is 4.79 Å². The minimum atomic E-state index is -0.191. The fourth-order valence-corrected chi connectivity index (χ4v) is 2.54. The van der Waals surface area contributed by atoms with Gasteiger partial charge in [-0.1, -0.05) is 6.07 Å². The third-order valence-electron chi connectivity index (χ3n) is 3.25. The topological polar surface area (TPSA) is 66.1 Å². The molecular formula is C16H28N4O. The number of rotatable bonds is 8. The molecule has 0 saturated carbocycles. The molecule has 0 radical (unpaired) electrons. The number of anilines is 1. The van der Waals surface area contributed by atoms with Crippen LogP contribution < -0.4 is 16.0 Å². The first-order valence-corrected chi connectivity index (χ1v) is 7.48. The minimum Gasteiger partial charge on any atom is -0.369 e. The van der Waals surface area contributed by atoms with E-state index in [-0.39, 0.29) is 11.4 Å². The minimum absolute atomic E-state index is 0.0134. The van der Waals surface area contributed by atoms with Gasteiger partial charge in [-0.15, -0.1) is 0 Å². The van der Waals surface area contributed by atoms with Crippen LogP contribution in [0.3, 0.4) is 0 Å². The van der Waals surface area contributed by atoms with Gasteiger partial charge in [0.1, 0.15) is 5.82 Å². The maximum atomic E-state index is 11.1. The van der Waals surface area contributed by atoms with Crippen molar-refractivity contribution >= 4 is 11.7 Å². The predicted octanol–water partition coefficient (Wildman–Crippen LogP) is 2.08. The number of nitrogens with one attached hydrogen (secondary N) is 3. The zero-order valence-electron chi connectivity index (χ0n) is 13.8. The van der Waals surface area contributed by atoms with Crippen molar-refractivity contribution in [3.8, 4) is 0 Å². The van der Waals surface area contributed by atoms with E-state index in [1.165, 1.54) is 0 Å². The van der Waals surface area contributed by atoms with E-state index in [0.29, 0.717) is 6.04 Å². The van der Waals surface area contributed by atoms with Crippen molar-refractivity contribution in [1.82, 2.24) is 15.6 Å². The van der Waals surface area contributed by atoms with Crippen LogP contribution in [0, 0.1) is 6.92 Å². The molecule has 0 aliphatic carbocycles. The van der Waals surface area contributed by atoms with Crippen LogP contribution in [0.5, 0.6) is 0 Å². The van der Waals surface area contributed by atoms with Gasteiger partial charge < -0.3 is 16.0 Å². The summed E-state index contributed by atoms with van der Waals surface area (Å²) >= 11 is 0. The Labute approximate surface area is 127 Å². The van der Waals surface area contributed by atoms with Crippen LogP contribution in [0.15, 0.2) is 18.3 Å². The first kappa shape index (κ1) is 17.4. The molecule has 0 saturated heterocycles. The van der Waals surface area contributed by atoms with Gasteiger partial charge in [0.2, 0.25) is 5.91 Å². The van der Waals surface area contributed by atoms with Crippen molar-refractivity contribution in [2.24, 2.45) is 0 Å². The smallest absolute Gasteiger partial charge is 0.217 e. The summed E-state index contributed by atoms with van der Waals surface area (Å²) in [6.07, 6.45) is 2.68. The average Bonchev–Trinajstić information content (AvgIpc) is 2.34. The molecule has 118 valence electrons. The first-order valence-electron chi connectivity index (χ1n) is 7.48. The van der Waals surface area contributed by atoms with E-state index in [0.717, 1.165) is 30.9 Å². The second-order valence-electron chi connectivity index (χ2n) is 6.22. The number of carbonyl (C=O) groups is 1. The molecule has 1 heterocycles. The second kappa shape index (κ2) is 7.98. The van der Waals surface area contributed by atoms with Gasteiger partial charge in [-0.3, -0.25) is 4.79 Å². The van der Waals surface area contributed by atoms with Gasteiger partial charge >= 0.3 is 0 Å². The van der Waals surface area contributed by atoms with Crippen LogP contribution in [0.1, 0.15) is 39.7 Å². The highest BCUT2D eigenvalue weighted by atomic mass is 16.1. The molecule has 0 bridgehead atoms. The molecule has 3 N–H and O–H groups in total. The summed E-state index contributed by atoms with van der Waals surface area (Å²) < 4.78 is 0. The summed E-state index contributed by atoms with van der Waals surface area (Å²) in [5.41, 5.74) is 0.959. The highest BCUT2D eigenvalue weighted by molar-refractivity contribution is 5.73. The zero-order valence-corrected chi connectivity index (χ0v) is 13.8. The summed E-state index contributed by atoms with van der Waals surface area (Å²) in [7, 11) is 0. The fourth-order valence-electron chi connectivity index (χ4n) is 2.54. The van der Waals surface area contributed by atoms with E-state index in [1.54, 1.807) is 13.1 Å².